The van der Waals surface area contributed by atoms with Crippen molar-refractivity contribution in [2.45, 2.75) is 0 Å². The lowest BCUT2D eigenvalue weighted by molar-refractivity contribution is 0.0698. The average Bonchev–Trinajstić information content (AvgIpc) is 2.77. The van der Waals surface area contributed by atoms with Crippen molar-refractivity contribution in [1.82, 2.24) is 14.6 Å². The molecular weight excluding hydrogens is 263 g/mol. The quantitative estimate of drug-likeness (QED) is 0.742. The van der Waals surface area contributed by atoms with Crippen LogP contribution in [0.4, 0.5) is 10.3 Å². The normalized spacial score (nSPS) is 10.8. The van der Waals surface area contributed by atoms with E-state index >= 15 is 0 Å². The van der Waals surface area contributed by atoms with Gasteiger partial charge in [0, 0.05) is 17.3 Å². The lowest BCUT2D eigenvalue weighted by Gasteiger charge is -2.05. The van der Waals surface area contributed by atoms with Crippen molar-refractivity contribution >= 4 is 17.6 Å². The number of fused-ring (bicyclic) bond motifs is 1. The van der Waals surface area contributed by atoms with E-state index in [0.29, 0.717) is 5.56 Å². The van der Waals surface area contributed by atoms with Crippen LogP contribution in [0.25, 0.3) is 16.8 Å². The maximum atomic E-state index is 13.8. The van der Waals surface area contributed by atoms with Gasteiger partial charge in [0.05, 0.1) is 0 Å². The van der Waals surface area contributed by atoms with Gasteiger partial charge in [0.25, 0.3) is 0 Å². The Kier molecular flexibility index (Phi) is 2.60. The Balaban J connectivity index is 2.33. The highest BCUT2D eigenvalue weighted by molar-refractivity contribution is 5.96. The highest BCUT2D eigenvalue weighted by atomic mass is 19.1. The van der Waals surface area contributed by atoms with Gasteiger partial charge in [-0.1, -0.05) is 18.2 Å². The average molecular weight is 272 g/mol. The summed E-state index contributed by atoms with van der Waals surface area (Å²) in [7, 11) is 0. The Morgan fingerprint density at radius 2 is 2.10 bits per heavy atom. The second kappa shape index (κ2) is 4.30. The van der Waals surface area contributed by atoms with Crippen LogP contribution in [0.15, 0.2) is 36.5 Å². The van der Waals surface area contributed by atoms with Gasteiger partial charge in [0.2, 0.25) is 5.95 Å². The van der Waals surface area contributed by atoms with Gasteiger partial charge in [-0.15, -0.1) is 5.10 Å². The number of hydrogen-bond acceptors (Lipinski definition) is 4. The largest absolute Gasteiger partial charge is 0.478 e. The van der Waals surface area contributed by atoms with Gasteiger partial charge in [-0.05, 0) is 12.1 Å². The molecule has 0 saturated carbocycles. The molecule has 0 saturated heterocycles. The molecule has 3 rings (SSSR count). The fraction of sp³-hybridized carbons (Fsp3) is 0. The summed E-state index contributed by atoms with van der Waals surface area (Å²) in [5.74, 6) is -1.67. The van der Waals surface area contributed by atoms with Crippen LogP contribution in [0, 0.1) is 5.82 Å². The Morgan fingerprint density at radius 1 is 1.35 bits per heavy atom. The fourth-order valence-electron chi connectivity index (χ4n) is 2.00. The third kappa shape index (κ3) is 1.85. The highest BCUT2D eigenvalue weighted by Gasteiger charge is 2.16. The SMILES string of the molecule is Nc1nc2c(C(=O)O)cc(-c3ccccc3F)cn2n1. The molecule has 0 radical (unpaired) electrons. The molecule has 2 aromatic heterocycles. The summed E-state index contributed by atoms with van der Waals surface area (Å²) >= 11 is 0. The van der Waals surface area contributed by atoms with E-state index in [2.05, 4.69) is 10.1 Å². The zero-order chi connectivity index (χ0) is 14.3. The number of benzene rings is 1. The van der Waals surface area contributed by atoms with Crippen LogP contribution in [0.1, 0.15) is 10.4 Å². The zero-order valence-electron chi connectivity index (χ0n) is 10.1. The lowest BCUT2D eigenvalue weighted by atomic mass is 10.1. The molecule has 0 unspecified atom stereocenters. The van der Waals surface area contributed by atoms with Crippen LogP contribution in [0.5, 0.6) is 0 Å². The minimum atomic E-state index is -1.18. The van der Waals surface area contributed by atoms with Gasteiger partial charge >= 0.3 is 5.97 Å². The standard InChI is InChI=1S/C13H9FN4O2/c14-10-4-2-1-3-8(10)7-5-9(12(19)20)11-16-13(15)17-18(11)6-7/h1-6H,(H2,15,17)(H,19,20). The zero-order valence-corrected chi connectivity index (χ0v) is 10.1. The molecule has 0 fully saturated rings. The van der Waals surface area contributed by atoms with Crippen molar-refractivity contribution in [3.63, 3.8) is 0 Å². The van der Waals surface area contributed by atoms with Crippen LogP contribution in [0.2, 0.25) is 0 Å². The summed E-state index contributed by atoms with van der Waals surface area (Å²) < 4.78 is 15.0. The van der Waals surface area contributed by atoms with Crippen molar-refractivity contribution in [2.75, 3.05) is 5.73 Å². The molecule has 0 amide bonds. The number of hydrogen-bond donors (Lipinski definition) is 2. The number of halogens is 1. The van der Waals surface area contributed by atoms with Crippen LogP contribution in [-0.2, 0) is 0 Å². The molecule has 0 spiro atoms. The minimum absolute atomic E-state index is 0.0433. The number of carboxylic acid groups (broad SMARTS) is 1. The first-order chi connectivity index (χ1) is 9.56. The minimum Gasteiger partial charge on any atom is -0.478 e. The molecule has 0 atom stereocenters. The first kappa shape index (κ1) is 12.1. The van der Waals surface area contributed by atoms with Crippen LogP contribution < -0.4 is 5.73 Å². The van der Waals surface area contributed by atoms with E-state index in [0.717, 1.165) is 0 Å². The number of nitrogens with zero attached hydrogens (tertiary/aromatic N) is 3. The van der Waals surface area contributed by atoms with Gasteiger partial charge in [-0.2, -0.15) is 4.98 Å². The number of anilines is 1. The van der Waals surface area contributed by atoms with E-state index in [1.165, 1.54) is 22.8 Å². The molecule has 20 heavy (non-hydrogen) atoms. The third-order valence-corrected chi connectivity index (χ3v) is 2.87. The number of nitrogen functional groups attached to an aromatic ring is 1. The molecule has 0 aliphatic carbocycles. The van der Waals surface area contributed by atoms with Gasteiger partial charge in [-0.3, -0.25) is 0 Å². The smallest absolute Gasteiger partial charge is 0.339 e. The van der Waals surface area contributed by atoms with Gasteiger partial charge < -0.3 is 10.8 Å². The Morgan fingerprint density at radius 3 is 2.80 bits per heavy atom. The summed E-state index contributed by atoms with van der Waals surface area (Å²) in [5.41, 5.74) is 6.17. The molecule has 0 aliphatic heterocycles. The van der Waals surface area contributed by atoms with E-state index < -0.39 is 11.8 Å². The topological polar surface area (TPSA) is 93.5 Å². The van der Waals surface area contributed by atoms with E-state index in [4.69, 9.17) is 5.73 Å². The second-order valence-corrected chi connectivity index (χ2v) is 4.17. The molecule has 3 aromatic rings. The van der Waals surface area contributed by atoms with Crippen molar-refractivity contribution < 1.29 is 14.3 Å². The molecule has 1 aromatic carbocycles. The molecule has 3 N–H and O–H groups in total. The molecule has 100 valence electrons. The fourth-order valence-corrected chi connectivity index (χ4v) is 2.00. The van der Waals surface area contributed by atoms with Crippen molar-refractivity contribution in [1.29, 1.82) is 0 Å². The maximum Gasteiger partial charge on any atom is 0.339 e. The number of aromatic nitrogens is 3. The third-order valence-electron chi connectivity index (χ3n) is 2.87. The van der Waals surface area contributed by atoms with Gasteiger partial charge in [-0.25, -0.2) is 13.7 Å². The summed E-state index contributed by atoms with van der Waals surface area (Å²) in [4.78, 5) is 15.1. The molecule has 6 nitrogen and oxygen atoms in total. The number of pyridine rings is 1. The Labute approximate surface area is 112 Å². The Hall–Kier alpha value is -2.96. The van der Waals surface area contributed by atoms with E-state index in [1.807, 2.05) is 0 Å². The van der Waals surface area contributed by atoms with Crippen LogP contribution >= 0.6 is 0 Å². The summed E-state index contributed by atoms with van der Waals surface area (Å²) in [6.45, 7) is 0. The summed E-state index contributed by atoms with van der Waals surface area (Å²) in [6, 6.07) is 7.43. The van der Waals surface area contributed by atoms with Gasteiger partial charge in [0.15, 0.2) is 5.65 Å². The number of rotatable bonds is 2. The number of carbonyl (C=O) groups is 1. The molecular formula is C13H9FN4O2. The van der Waals surface area contributed by atoms with E-state index in [9.17, 15) is 14.3 Å². The lowest BCUT2D eigenvalue weighted by Crippen LogP contribution is -2.03. The number of carboxylic acids is 1. The van der Waals surface area contributed by atoms with Crippen molar-refractivity contribution in [3.05, 3.63) is 47.9 Å². The summed E-state index contributed by atoms with van der Waals surface area (Å²) in [6.07, 6.45) is 1.49. The number of nitrogens with two attached hydrogens (primary N) is 1. The monoisotopic (exact) mass is 272 g/mol. The second-order valence-electron chi connectivity index (χ2n) is 4.17. The van der Waals surface area contributed by atoms with Crippen LogP contribution in [-0.4, -0.2) is 25.7 Å². The van der Waals surface area contributed by atoms with E-state index in [1.54, 1.807) is 18.2 Å². The molecule has 7 heteroatoms. The molecule has 0 aliphatic rings. The van der Waals surface area contributed by atoms with Crippen molar-refractivity contribution in [3.8, 4) is 11.1 Å². The predicted octanol–water partition coefficient (Wildman–Crippen LogP) is 1.82. The summed E-state index contributed by atoms with van der Waals surface area (Å²) in [5, 5.41) is 13.1. The van der Waals surface area contributed by atoms with Gasteiger partial charge in [0.1, 0.15) is 11.4 Å². The first-order valence-electron chi connectivity index (χ1n) is 5.70. The van der Waals surface area contributed by atoms with E-state index in [-0.39, 0.29) is 22.7 Å². The van der Waals surface area contributed by atoms with Crippen LogP contribution in [0.3, 0.4) is 0 Å². The predicted molar refractivity (Wildman–Crippen MR) is 69.8 cm³/mol. The first-order valence-corrected chi connectivity index (χ1v) is 5.70. The maximum absolute atomic E-state index is 13.8. The highest BCUT2D eigenvalue weighted by Crippen LogP contribution is 2.25. The van der Waals surface area contributed by atoms with Crippen molar-refractivity contribution in [2.24, 2.45) is 0 Å². The Bertz CT molecular complexity index is 828. The number of aromatic carboxylic acids is 1. The molecule has 0 bridgehead atoms. The molecule has 2 heterocycles.